The van der Waals surface area contributed by atoms with E-state index in [-0.39, 0.29) is 17.3 Å². The SMILES string of the molecule is Cc1ccc(S(=O)(=O)NCc2ccc(CNC(=O)c3ccncc3)cc2)cc1. The largest absolute Gasteiger partial charge is 0.348 e. The Morgan fingerprint density at radius 1 is 0.857 bits per heavy atom. The first kappa shape index (κ1) is 19.7. The molecule has 0 spiro atoms. The molecule has 1 amide bonds. The Hall–Kier alpha value is -3.03. The second kappa shape index (κ2) is 8.77. The van der Waals surface area contributed by atoms with E-state index in [2.05, 4.69) is 15.0 Å². The number of hydrogen-bond acceptors (Lipinski definition) is 4. The van der Waals surface area contributed by atoms with Gasteiger partial charge in [0, 0.05) is 31.0 Å². The number of carbonyl (C=O) groups is 1. The predicted molar refractivity (Wildman–Crippen MR) is 107 cm³/mol. The zero-order chi connectivity index (χ0) is 20.0. The average Bonchev–Trinajstić information content (AvgIpc) is 2.72. The number of hydrogen-bond donors (Lipinski definition) is 2. The molecule has 28 heavy (non-hydrogen) atoms. The molecule has 0 saturated heterocycles. The fourth-order valence-corrected chi connectivity index (χ4v) is 3.56. The van der Waals surface area contributed by atoms with Crippen molar-refractivity contribution >= 4 is 15.9 Å². The lowest BCUT2D eigenvalue weighted by molar-refractivity contribution is 0.0951. The molecule has 0 saturated carbocycles. The van der Waals surface area contributed by atoms with Crippen LogP contribution in [0.5, 0.6) is 0 Å². The molecule has 6 nitrogen and oxygen atoms in total. The summed E-state index contributed by atoms with van der Waals surface area (Å²) in [6.07, 6.45) is 3.14. The lowest BCUT2D eigenvalue weighted by Crippen LogP contribution is -2.23. The molecular formula is C21H21N3O3S. The molecule has 0 aliphatic heterocycles. The Balaban J connectivity index is 1.54. The number of amides is 1. The Morgan fingerprint density at radius 3 is 2.04 bits per heavy atom. The summed E-state index contributed by atoms with van der Waals surface area (Å²) in [6, 6.07) is 17.4. The first-order chi connectivity index (χ1) is 13.4. The molecule has 0 unspecified atom stereocenters. The van der Waals surface area contributed by atoms with E-state index in [0.717, 1.165) is 16.7 Å². The third-order valence-electron chi connectivity index (χ3n) is 4.22. The molecule has 2 N–H and O–H groups in total. The number of sulfonamides is 1. The number of benzene rings is 2. The zero-order valence-electron chi connectivity index (χ0n) is 15.4. The molecule has 3 rings (SSSR count). The first-order valence-corrected chi connectivity index (χ1v) is 10.2. The highest BCUT2D eigenvalue weighted by Crippen LogP contribution is 2.11. The molecule has 7 heteroatoms. The van der Waals surface area contributed by atoms with Gasteiger partial charge in [-0.05, 0) is 42.3 Å². The average molecular weight is 395 g/mol. The van der Waals surface area contributed by atoms with Gasteiger partial charge in [-0.3, -0.25) is 9.78 Å². The van der Waals surface area contributed by atoms with Crippen LogP contribution < -0.4 is 10.0 Å². The Bertz CT molecular complexity index is 1030. The fourth-order valence-electron chi connectivity index (χ4n) is 2.54. The molecule has 0 bridgehead atoms. The minimum atomic E-state index is -3.55. The standard InChI is InChI=1S/C21H21N3O3S/c1-16-2-8-20(9-3-16)28(26,27)24-15-18-6-4-17(5-7-18)14-23-21(25)19-10-12-22-13-11-19/h2-13,24H,14-15H2,1H3,(H,23,25). The summed E-state index contributed by atoms with van der Waals surface area (Å²) in [5, 5.41) is 2.84. The van der Waals surface area contributed by atoms with Gasteiger partial charge < -0.3 is 5.32 Å². The van der Waals surface area contributed by atoms with Crippen LogP contribution in [0, 0.1) is 6.92 Å². The van der Waals surface area contributed by atoms with Crippen LogP contribution in [0.4, 0.5) is 0 Å². The van der Waals surface area contributed by atoms with Crippen LogP contribution >= 0.6 is 0 Å². The summed E-state index contributed by atoms with van der Waals surface area (Å²) in [6.45, 7) is 2.49. The molecule has 0 atom stereocenters. The third kappa shape index (κ3) is 5.25. The molecular weight excluding hydrogens is 374 g/mol. The number of nitrogens with zero attached hydrogens (tertiary/aromatic N) is 1. The van der Waals surface area contributed by atoms with Gasteiger partial charge in [0.2, 0.25) is 10.0 Å². The van der Waals surface area contributed by atoms with Crippen LogP contribution in [0.2, 0.25) is 0 Å². The molecule has 1 heterocycles. The van der Waals surface area contributed by atoms with Gasteiger partial charge in [0.1, 0.15) is 0 Å². The van der Waals surface area contributed by atoms with Crippen LogP contribution in [0.1, 0.15) is 27.0 Å². The first-order valence-electron chi connectivity index (χ1n) is 8.76. The molecule has 144 valence electrons. The van der Waals surface area contributed by atoms with Crippen LogP contribution in [0.15, 0.2) is 78.0 Å². The van der Waals surface area contributed by atoms with Crippen molar-refractivity contribution in [3.63, 3.8) is 0 Å². The number of rotatable bonds is 7. The predicted octanol–water partition coefficient (Wildman–Crippen LogP) is 2.80. The lowest BCUT2D eigenvalue weighted by atomic mass is 10.1. The summed E-state index contributed by atoms with van der Waals surface area (Å²) in [5.74, 6) is -0.169. The Labute approximate surface area is 164 Å². The van der Waals surface area contributed by atoms with Gasteiger partial charge in [0.25, 0.3) is 5.91 Å². The van der Waals surface area contributed by atoms with Crippen LogP contribution in [0.25, 0.3) is 0 Å². The monoisotopic (exact) mass is 395 g/mol. The number of aromatic nitrogens is 1. The van der Waals surface area contributed by atoms with E-state index in [9.17, 15) is 13.2 Å². The van der Waals surface area contributed by atoms with Gasteiger partial charge in [-0.1, -0.05) is 42.0 Å². The van der Waals surface area contributed by atoms with E-state index in [1.165, 1.54) is 0 Å². The maximum absolute atomic E-state index is 12.3. The summed E-state index contributed by atoms with van der Waals surface area (Å²) >= 11 is 0. The second-order valence-corrected chi connectivity index (χ2v) is 8.14. The van der Waals surface area contributed by atoms with Crippen molar-refractivity contribution in [2.24, 2.45) is 0 Å². The van der Waals surface area contributed by atoms with Gasteiger partial charge in [-0.25, -0.2) is 13.1 Å². The molecule has 0 radical (unpaired) electrons. The van der Waals surface area contributed by atoms with Crippen LogP contribution in [0.3, 0.4) is 0 Å². The Morgan fingerprint density at radius 2 is 1.43 bits per heavy atom. The molecule has 2 aromatic carbocycles. The van der Waals surface area contributed by atoms with Crippen LogP contribution in [-0.2, 0) is 23.1 Å². The molecule has 0 fully saturated rings. The number of nitrogens with one attached hydrogen (secondary N) is 2. The van der Waals surface area contributed by atoms with Crippen molar-refractivity contribution < 1.29 is 13.2 Å². The maximum Gasteiger partial charge on any atom is 0.251 e. The van der Waals surface area contributed by atoms with Gasteiger partial charge in [0.15, 0.2) is 0 Å². The number of pyridine rings is 1. The Kier molecular flexibility index (Phi) is 6.18. The van der Waals surface area contributed by atoms with Crippen molar-refractivity contribution in [1.29, 1.82) is 0 Å². The van der Waals surface area contributed by atoms with E-state index in [4.69, 9.17) is 0 Å². The summed E-state index contributed by atoms with van der Waals surface area (Å²) < 4.78 is 27.3. The van der Waals surface area contributed by atoms with Gasteiger partial charge in [0.05, 0.1) is 4.90 Å². The molecule has 1 aromatic heterocycles. The quantitative estimate of drug-likeness (QED) is 0.644. The minimum Gasteiger partial charge on any atom is -0.348 e. The second-order valence-electron chi connectivity index (χ2n) is 6.37. The van der Waals surface area contributed by atoms with Crippen LogP contribution in [-0.4, -0.2) is 19.3 Å². The van der Waals surface area contributed by atoms with E-state index >= 15 is 0 Å². The van der Waals surface area contributed by atoms with Crippen molar-refractivity contribution in [1.82, 2.24) is 15.0 Å². The van der Waals surface area contributed by atoms with Crippen molar-refractivity contribution in [3.8, 4) is 0 Å². The zero-order valence-corrected chi connectivity index (χ0v) is 16.2. The van der Waals surface area contributed by atoms with Crippen molar-refractivity contribution in [2.75, 3.05) is 0 Å². The van der Waals surface area contributed by atoms with E-state index in [1.54, 1.807) is 48.8 Å². The van der Waals surface area contributed by atoms with Gasteiger partial charge in [-0.2, -0.15) is 0 Å². The van der Waals surface area contributed by atoms with E-state index in [1.807, 2.05) is 31.2 Å². The maximum atomic E-state index is 12.3. The number of carbonyl (C=O) groups excluding carboxylic acids is 1. The molecule has 0 aliphatic carbocycles. The third-order valence-corrected chi connectivity index (χ3v) is 5.63. The van der Waals surface area contributed by atoms with Crippen molar-refractivity contribution in [2.45, 2.75) is 24.9 Å². The highest BCUT2D eigenvalue weighted by Gasteiger charge is 2.13. The topological polar surface area (TPSA) is 88.2 Å². The minimum absolute atomic E-state index is 0.169. The fraction of sp³-hybridized carbons (Fsp3) is 0.143. The highest BCUT2D eigenvalue weighted by molar-refractivity contribution is 7.89. The summed E-state index contributed by atoms with van der Waals surface area (Å²) in [7, 11) is -3.55. The highest BCUT2D eigenvalue weighted by atomic mass is 32.2. The normalized spacial score (nSPS) is 11.2. The van der Waals surface area contributed by atoms with E-state index in [0.29, 0.717) is 12.1 Å². The molecule has 0 aliphatic rings. The smallest absolute Gasteiger partial charge is 0.251 e. The van der Waals surface area contributed by atoms with Crippen molar-refractivity contribution in [3.05, 3.63) is 95.3 Å². The number of aryl methyl sites for hydroxylation is 1. The summed E-state index contributed by atoms with van der Waals surface area (Å²) in [5.41, 5.74) is 3.31. The lowest BCUT2D eigenvalue weighted by Gasteiger charge is -2.09. The van der Waals surface area contributed by atoms with Gasteiger partial charge in [-0.15, -0.1) is 0 Å². The van der Waals surface area contributed by atoms with E-state index < -0.39 is 10.0 Å². The molecule has 3 aromatic rings. The summed E-state index contributed by atoms with van der Waals surface area (Å²) in [4.78, 5) is 16.2. The van der Waals surface area contributed by atoms with Gasteiger partial charge >= 0.3 is 0 Å².